The van der Waals surface area contributed by atoms with Crippen LogP contribution in [0.15, 0.2) is 95.2 Å². The first kappa shape index (κ1) is 22.8. The van der Waals surface area contributed by atoms with Crippen molar-refractivity contribution >= 4 is 38.6 Å². The molecule has 0 fully saturated rings. The number of benzene rings is 3. The van der Waals surface area contributed by atoms with E-state index in [1.54, 1.807) is 29.6 Å². The van der Waals surface area contributed by atoms with E-state index in [9.17, 15) is 13.2 Å². The van der Waals surface area contributed by atoms with Crippen LogP contribution in [-0.4, -0.2) is 21.4 Å². The molecule has 0 aliphatic carbocycles. The van der Waals surface area contributed by atoms with E-state index >= 15 is 0 Å². The van der Waals surface area contributed by atoms with Crippen molar-refractivity contribution in [3.05, 3.63) is 101 Å². The summed E-state index contributed by atoms with van der Waals surface area (Å²) in [4.78, 5) is 13.3. The standard InChI is InChI=1S/C26H24N2O3S2/c1-3-19-14-16-22(17-15-19)28(2)33(30,31)25-23(20-10-6-4-7-11-20)18-32-24(25)26(29)27-21-12-8-5-9-13-21/h4-18H,3H2,1-2H3,(H,27,29). The molecule has 4 rings (SSSR count). The number of hydrogen-bond acceptors (Lipinski definition) is 4. The van der Waals surface area contributed by atoms with Gasteiger partial charge in [-0.1, -0.05) is 67.6 Å². The summed E-state index contributed by atoms with van der Waals surface area (Å²) >= 11 is 1.13. The minimum Gasteiger partial charge on any atom is -0.321 e. The fraction of sp³-hybridized carbons (Fsp3) is 0.115. The van der Waals surface area contributed by atoms with Gasteiger partial charge in [-0.3, -0.25) is 9.10 Å². The Balaban J connectivity index is 1.81. The first-order chi connectivity index (χ1) is 15.9. The van der Waals surface area contributed by atoms with E-state index in [0.29, 0.717) is 16.9 Å². The minimum atomic E-state index is -4.03. The molecule has 168 valence electrons. The molecule has 3 aromatic carbocycles. The van der Waals surface area contributed by atoms with Gasteiger partial charge in [-0.2, -0.15) is 0 Å². The Morgan fingerprint density at radius 3 is 2.12 bits per heavy atom. The number of carbonyl (C=O) groups is 1. The van der Waals surface area contributed by atoms with Crippen LogP contribution in [0.4, 0.5) is 11.4 Å². The SMILES string of the molecule is CCc1ccc(N(C)S(=O)(=O)c2c(-c3ccccc3)csc2C(=O)Nc2ccccc2)cc1. The normalized spacial score (nSPS) is 11.2. The third-order valence-corrected chi connectivity index (χ3v) is 8.37. The van der Waals surface area contributed by atoms with Crippen LogP contribution in [-0.2, 0) is 16.4 Å². The van der Waals surface area contributed by atoms with Gasteiger partial charge in [0.25, 0.3) is 15.9 Å². The third-order valence-electron chi connectivity index (χ3n) is 5.39. The van der Waals surface area contributed by atoms with Crippen molar-refractivity contribution in [2.24, 2.45) is 0 Å². The van der Waals surface area contributed by atoms with Crippen molar-refractivity contribution in [2.75, 3.05) is 16.7 Å². The van der Waals surface area contributed by atoms with Gasteiger partial charge in [0.1, 0.15) is 9.77 Å². The summed E-state index contributed by atoms with van der Waals surface area (Å²) in [6.07, 6.45) is 0.864. The van der Waals surface area contributed by atoms with Crippen LogP contribution in [0.2, 0.25) is 0 Å². The maximum absolute atomic E-state index is 13.9. The highest BCUT2D eigenvalue weighted by Gasteiger charge is 2.32. The Hall–Kier alpha value is -3.42. The van der Waals surface area contributed by atoms with Crippen molar-refractivity contribution < 1.29 is 13.2 Å². The lowest BCUT2D eigenvalue weighted by Gasteiger charge is -2.21. The molecule has 1 heterocycles. The number of rotatable bonds is 7. The molecule has 0 aliphatic rings. The van der Waals surface area contributed by atoms with E-state index in [2.05, 4.69) is 5.32 Å². The number of para-hydroxylation sites is 1. The van der Waals surface area contributed by atoms with Crippen LogP contribution in [0.5, 0.6) is 0 Å². The van der Waals surface area contributed by atoms with Crippen molar-refractivity contribution in [1.82, 2.24) is 0 Å². The topological polar surface area (TPSA) is 66.5 Å². The second kappa shape index (κ2) is 9.60. The third kappa shape index (κ3) is 4.69. The Kier molecular flexibility index (Phi) is 6.62. The van der Waals surface area contributed by atoms with Crippen LogP contribution in [0.3, 0.4) is 0 Å². The van der Waals surface area contributed by atoms with Crippen molar-refractivity contribution in [3.63, 3.8) is 0 Å². The van der Waals surface area contributed by atoms with Gasteiger partial charge < -0.3 is 5.32 Å². The van der Waals surface area contributed by atoms with E-state index in [1.807, 2.05) is 67.6 Å². The van der Waals surface area contributed by atoms with Gasteiger partial charge in [0.15, 0.2) is 0 Å². The summed E-state index contributed by atoms with van der Waals surface area (Å²) in [5.41, 5.74) is 3.50. The number of thiophene rings is 1. The molecule has 0 unspecified atom stereocenters. The zero-order valence-electron chi connectivity index (χ0n) is 18.4. The molecule has 0 radical (unpaired) electrons. The molecule has 0 atom stereocenters. The predicted molar refractivity (Wildman–Crippen MR) is 136 cm³/mol. The minimum absolute atomic E-state index is 0.00852. The van der Waals surface area contributed by atoms with E-state index in [1.165, 1.54) is 11.4 Å². The van der Waals surface area contributed by atoms with Gasteiger partial charge in [0.2, 0.25) is 0 Å². The molecule has 7 heteroatoms. The molecule has 0 saturated heterocycles. The van der Waals surface area contributed by atoms with Crippen LogP contribution < -0.4 is 9.62 Å². The summed E-state index contributed by atoms with van der Waals surface area (Å²) in [5, 5.41) is 4.55. The molecule has 5 nitrogen and oxygen atoms in total. The molecule has 1 amide bonds. The number of hydrogen-bond donors (Lipinski definition) is 1. The highest BCUT2D eigenvalue weighted by atomic mass is 32.2. The summed E-state index contributed by atoms with van der Waals surface area (Å²) in [5.74, 6) is -0.457. The fourth-order valence-corrected chi connectivity index (χ4v) is 6.36. The fourth-order valence-electron chi connectivity index (χ4n) is 3.50. The lowest BCUT2D eigenvalue weighted by molar-refractivity contribution is 0.102. The van der Waals surface area contributed by atoms with Crippen LogP contribution in [0.25, 0.3) is 11.1 Å². The second-order valence-electron chi connectivity index (χ2n) is 7.49. The largest absolute Gasteiger partial charge is 0.321 e. The lowest BCUT2D eigenvalue weighted by atomic mass is 10.1. The van der Waals surface area contributed by atoms with E-state index in [0.717, 1.165) is 28.9 Å². The Bertz CT molecular complexity index is 1350. The molecule has 0 aliphatic heterocycles. The number of aryl methyl sites for hydroxylation is 1. The highest BCUT2D eigenvalue weighted by molar-refractivity contribution is 7.93. The number of anilines is 2. The Labute approximate surface area is 198 Å². The van der Waals surface area contributed by atoms with E-state index < -0.39 is 15.9 Å². The van der Waals surface area contributed by atoms with Gasteiger partial charge in [-0.05, 0) is 41.8 Å². The highest BCUT2D eigenvalue weighted by Crippen LogP contribution is 2.38. The summed E-state index contributed by atoms with van der Waals surface area (Å²) in [7, 11) is -2.52. The number of amides is 1. The molecule has 33 heavy (non-hydrogen) atoms. The first-order valence-corrected chi connectivity index (χ1v) is 12.8. The summed E-state index contributed by atoms with van der Waals surface area (Å²) in [6.45, 7) is 2.05. The first-order valence-electron chi connectivity index (χ1n) is 10.5. The van der Waals surface area contributed by atoms with E-state index in [4.69, 9.17) is 0 Å². The lowest BCUT2D eigenvalue weighted by Crippen LogP contribution is -2.28. The smallest absolute Gasteiger partial charge is 0.267 e. The Morgan fingerprint density at radius 2 is 1.52 bits per heavy atom. The molecule has 0 saturated carbocycles. The molecular formula is C26H24N2O3S2. The van der Waals surface area contributed by atoms with Crippen LogP contribution in [0, 0.1) is 0 Å². The molecule has 4 aromatic rings. The summed E-state index contributed by atoms with van der Waals surface area (Å²) < 4.78 is 29.0. The molecule has 0 bridgehead atoms. The monoisotopic (exact) mass is 476 g/mol. The second-order valence-corrected chi connectivity index (χ2v) is 10.3. The molecule has 0 spiro atoms. The zero-order chi connectivity index (χ0) is 23.4. The van der Waals surface area contributed by atoms with Gasteiger partial charge in [-0.15, -0.1) is 11.3 Å². The summed E-state index contributed by atoms with van der Waals surface area (Å²) in [6, 6.07) is 25.6. The number of carbonyl (C=O) groups excluding carboxylic acids is 1. The average Bonchev–Trinajstić information content (AvgIpc) is 3.31. The van der Waals surface area contributed by atoms with Gasteiger partial charge in [0.05, 0.1) is 5.69 Å². The van der Waals surface area contributed by atoms with Crippen LogP contribution in [0.1, 0.15) is 22.2 Å². The van der Waals surface area contributed by atoms with Crippen molar-refractivity contribution in [3.8, 4) is 11.1 Å². The number of nitrogens with zero attached hydrogens (tertiary/aromatic N) is 1. The molecular weight excluding hydrogens is 452 g/mol. The molecule has 1 N–H and O–H groups in total. The van der Waals surface area contributed by atoms with Crippen molar-refractivity contribution in [1.29, 1.82) is 0 Å². The number of sulfonamides is 1. The zero-order valence-corrected chi connectivity index (χ0v) is 20.0. The predicted octanol–water partition coefficient (Wildman–Crippen LogP) is 6.05. The average molecular weight is 477 g/mol. The van der Waals surface area contributed by atoms with Crippen molar-refractivity contribution in [2.45, 2.75) is 18.2 Å². The maximum atomic E-state index is 13.9. The van der Waals surface area contributed by atoms with Gasteiger partial charge >= 0.3 is 0 Å². The Morgan fingerprint density at radius 1 is 0.909 bits per heavy atom. The maximum Gasteiger partial charge on any atom is 0.267 e. The quantitative estimate of drug-likeness (QED) is 0.353. The molecule has 1 aromatic heterocycles. The van der Waals surface area contributed by atoms with E-state index in [-0.39, 0.29) is 9.77 Å². The van der Waals surface area contributed by atoms with Gasteiger partial charge in [-0.25, -0.2) is 8.42 Å². The number of nitrogens with one attached hydrogen (secondary N) is 1. The van der Waals surface area contributed by atoms with Gasteiger partial charge in [0, 0.05) is 23.7 Å². The van der Waals surface area contributed by atoms with Crippen LogP contribution >= 0.6 is 11.3 Å².